The summed E-state index contributed by atoms with van der Waals surface area (Å²) in [6.07, 6.45) is 1.52. The number of furan rings is 1. The summed E-state index contributed by atoms with van der Waals surface area (Å²) < 4.78 is 10.5. The maximum Gasteiger partial charge on any atom is 0.291 e. The van der Waals surface area contributed by atoms with E-state index in [0.29, 0.717) is 23.9 Å². The van der Waals surface area contributed by atoms with E-state index in [-0.39, 0.29) is 18.2 Å². The lowest BCUT2D eigenvalue weighted by Gasteiger charge is -2.04. The van der Waals surface area contributed by atoms with Gasteiger partial charge in [-0.1, -0.05) is 0 Å². The largest absolute Gasteiger partial charge is 0.478 e. The van der Waals surface area contributed by atoms with Gasteiger partial charge in [0, 0.05) is 6.07 Å². The molecular formula is C13H15N3O3. The molecule has 2 aromatic rings. The second-order valence-electron chi connectivity index (χ2n) is 3.74. The Hall–Kier alpha value is -2.34. The molecule has 0 saturated carbocycles. The van der Waals surface area contributed by atoms with Crippen LogP contribution in [0.15, 0.2) is 34.9 Å². The summed E-state index contributed by atoms with van der Waals surface area (Å²) in [6, 6.07) is 6.65. The third-order valence-electron chi connectivity index (χ3n) is 2.37. The fraction of sp³-hybridized carbons (Fsp3) is 0.231. The van der Waals surface area contributed by atoms with Crippen molar-refractivity contribution in [2.45, 2.75) is 13.5 Å². The molecule has 2 rings (SSSR count). The molecule has 0 radical (unpaired) electrons. The molecule has 2 aromatic heterocycles. The summed E-state index contributed by atoms with van der Waals surface area (Å²) in [5.74, 6) is 0.957. The van der Waals surface area contributed by atoms with Crippen LogP contribution in [0.2, 0.25) is 0 Å². The number of hydrogen-bond donors (Lipinski definition) is 2. The van der Waals surface area contributed by atoms with Gasteiger partial charge in [0.1, 0.15) is 5.76 Å². The van der Waals surface area contributed by atoms with Crippen LogP contribution in [0.5, 0.6) is 5.88 Å². The summed E-state index contributed by atoms with van der Waals surface area (Å²) in [5.41, 5.74) is 5.98. The van der Waals surface area contributed by atoms with Crippen molar-refractivity contribution in [3.05, 3.63) is 42.0 Å². The van der Waals surface area contributed by atoms with E-state index in [9.17, 15) is 4.79 Å². The molecule has 0 bridgehead atoms. The summed E-state index contributed by atoms with van der Waals surface area (Å²) in [4.78, 5) is 15.9. The molecule has 0 aliphatic rings. The minimum atomic E-state index is -0.342. The Balaban J connectivity index is 2.01. The zero-order chi connectivity index (χ0) is 13.7. The van der Waals surface area contributed by atoms with Gasteiger partial charge in [-0.05, 0) is 25.1 Å². The first-order chi connectivity index (χ1) is 9.22. The van der Waals surface area contributed by atoms with E-state index in [1.807, 2.05) is 6.92 Å². The van der Waals surface area contributed by atoms with E-state index in [0.717, 1.165) is 0 Å². The fourth-order valence-electron chi connectivity index (χ4n) is 1.49. The molecule has 0 aromatic carbocycles. The highest BCUT2D eigenvalue weighted by Gasteiger charge is 2.11. The van der Waals surface area contributed by atoms with Gasteiger partial charge in [-0.25, -0.2) is 4.98 Å². The highest BCUT2D eigenvalue weighted by Crippen LogP contribution is 2.14. The lowest BCUT2D eigenvalue weighted by atomic mass is 10.3. The predicted molar refractivity (Wildman–Crippen MR) is 70.0 cm³/mol. The number of nitrogens with one attached hydrogen (secondary N) is 1. The van der Waals surface area contributed by atoms with Gasteiger partial charge < -0.3 is 20.2 Å². The van der Waals surface area contributed by atoms with Gasteiger partial charge in [-0.15, -0.1) is 0 Å². The number of nitrogens with two attached hydrogens (primary N) is 1. The minimum absolute atomic E-state index is 0.217. The number of aromatic nitrogens is 1. The number of anilines is 1. The van der Waals surface area contributed by atoms with Gasteiger partial charge in [-0.3, -0.25) is 4.79 Å². The molecule has 1 amide bonds. The van der Waals surface area contributed by atoms with Crippen LogP contribution in [0.25, 0.3) is 0 Å². The zero-order valence-electron chi connectivity index (χ0n) is 10.6. The summed E-state index contributed by atoms with van der Waals surface area (Å²) in [7, 11) is 0. The topological polar surface area (TPSA) is 90.4 Å². The highest BCUT2D eigenvalue weighted by atomic mass is 16.5. The van der Waals surface area contributed by atoms with Crippen molar-refractivity contribution in [3.63, 3.8) is 0 Å². The molecule has 2 heterocycles. The van der Waals surface area contributed by atoms with Crippen LogP contribution in [0.3, 0.4) is 0 Å². The van der Waals surface area contributed by atoms with E-state index >= 15 is 0 Å². The molecule has 0 unspecified atom stereocenters. The van der Waals surface area contributed by atoms with E-state index in [1.54, 1.807) is 24.3 Å². The van der Waals surface area contributed by atoms with Gasteiger partial charge >= 0.3 is 0 Å². The summed E-state index contributed by atoms with van der Waals surface area (Å²) in [6.45, 7) is 2.69. The number of amides is 1. The zero-order valence-corrected chi connectivity index (χ0v) is 10.6. The van der Waals surface area contributed by atoms with Gasteiger partial charge in [0.25, 0.3) is 5.91 Å². The molecule has 6 heteroatoms. The molecule has 0 aliphatic heterocycles. The first kappa shape index (κ1) is 13.1. The standard InChI is InChI=1S/C13H15N3O3/c1-2-18-12-6-3-9(8-15-12)16-13(17)11-5-4-10(7-14)19-11/h3-6,8H,2,7,14H2,1H3,(H,16,17). The third kappa shape index (κ3) is 3.32. The normalized spacial score (nSPS) is 10.2. The van der Waals surface area contributed by atoms with Gasteiger partial charge in [-0.2, -0.15) is 0 Å². The fourth-order valence-corrected chi connectivity index (χ4v) is 1.49. The molecule has 0 atom stereocenters. The Bertz CT molecular complexity index is 549. The lowest BCUT2D eigenvalue weighted by molar-refractivity contribution is 0.0995. The molecule has 0 saturated heterocycles. The molecule has 0 aliphatic carbocycles. The summed E-state index contributed by atoms with van der Waals surface area (Å²) >= 11 is 0. The molecule has 100 valence electrons. The van der Waals surface area contributed by atoms with Crippen LogP contribution >= 0.6 is 0 Å². The number of ether oxygens (including phenoxy) is 1. The first-order valence-electron chi connectivity index (χ1n) is 5.92. The van der Waals surface area contributed by atoms with Gasteiger partial charge in [0.2, 0.25) is 5.88 Å². The smallest absolute Gasteiger partial charge is 0.291 e. The van der Waals surface area contributed by atoms with Crippen molar-refractivity contribution < 1.29 is 13.9 Å². The van der Waals surface area contributed by atoms with Crippen molar-refractivity contribution in [1.29, 1.82) is 0 Å². The minimum Gasteiger partial charge on any atom is -0.478 e. The second kappa shape index (κ2) is 6.01. The van der Waals surface area contributed by atoms with Crippen LogP contribution in [-0.4, -0.2) is 17.5 Å². The average molecular weight is 261 g/mol. The molecule has 0 fully saturated rings. The molecule has 6 nitrogen and oxygen atoms in total. The number of hydrogen-bond acceptors (Lipinski definition) is 5. The van der Waals surface area contributed by atoms with Crippen LogP contribution in [0.4, 0.5) is 5.69 Å². The van der Waals surface area contributed by atoms with Gasteiger partial charge in [0.15, 0.2) is 5.76 Å². The van der Waals surface area contributed by atoms with Crippen LogP contribution < -0.4 is 15.8 Å². The van der Waals surface area contributed by atoms with E-state index in [2.05, 4.69) is 10.3 Å². The number of nitrogens with zero attached hydrogens (tertiary/aromatic N) is 1. The van der Waals surface area contributed by atoms with Crippen LogP contribution in [0.1, 0.15) is 23.2 Å². The van der Waals surface area contributed by atoms with Crippen molar-refractivity contribution in [2.24, 2.45) is 5.73 Å². The SMILES string of the molecule is CCOc1ccc(NC(=O)c2ccc(CN)o2)cn1. The first-order valence-corrected chi connectivity index (χ1v) is 5.92. The maximum atomic E-state index is 11.8. The lowest BCUT2D eigenvalue weighted by Crippen LogP contribution is -2.11. The van der Waals surface area contributed by atoms with Crippen LogP contribution in [0, 0.1) is 0 Å². The molecule has 19 heavy (non-hydrogen) atoms. The van der Waals surface area contributed by atoms with Crippen molar-refractivity contribution >= 4 is 11.6 Å². The van der Waals surface area contributed by atoms with E-state index in [4.69, 9.17) is 14.9 Å². The Morgan fingerprint density at radius 3 is 2.84 bits per heavy atom. The van der Waals surface area contributed by atoms with Crippen molar-refractivity contribution in [1.82, 2.24) is 4.98 Å². The monoisotopic (exact) mass is 261 g/mol. The average Bonchev–Trinajstić information content (AvgIpc) is 2.90. The van der Waals surface area contributed by atoms with Gasteiger partial charge in [0.05, 0.1) is 25.0 Å². The highest BCUT2D eigenvalue weighted by molar-refractivity contribution is 6.02. The Kier molecular flexibility index (Phi) is 4.15. The van der Waals surface area contributed by atoms with E-state index in [1.165, 1.54) is 6.20 Å². The number of rotatable bonds is 5. The Morgan fingerprint density at radius 1 is 1.42 bits per heavy atom. The van der Waals surface area contributed by atoms with Crippen molar-refractivity contribution in [3.8, 4) is 5.88 Å². The predicted octanol–water partition coefficient (Wildman–Crippen LogP) is 1.78. The Morgan fingerprint density at radius 2 is 2.26 bits per heavy atom. The molecular weight excluding hydrogens is 246 g/mol. The van der Waals surface area contributed by atoms with Crippen molar-refractivity contribution in [2.75, 3.05) is 11.9 Å². The second-order valence-corrected chi connectivity index (χ2v) is 3.74. The summed E-state index contributed by atoms with van der Waals surface area (Å²) in [5, 5.41) is 2.67. The molecule has 0 spiro atoms. The molecule has 3 N–H and O–H groups in total. The number of carbonyl (C=O) groups excluding carboxylic acids is 1. The Labute approximate surface area is 110 Å². The quantitative estimate of drug-likeness (QED) is 0.856. The van der Waals surface area contributed by atoms with E-state index < -0.39 is 0 Å². The maximum absolute atomic E-state index is 11.8. The third-order valence-corrected chi connectivity index (χ3v) is 2.37. The van der Waals surface area contributed by atoms with Crippen LogP contribution in [-0.2, 0) is 6.54 Å². The number of carbonyl (C=O) groups is 1. The number of pyridine rings is 1.